The van der Waals surface area contributed by atoms with Crippen molar-refractivity contribution in [3.05, 3.63) is 23.8 Å². The Kier molecular flexibility index (Phi) is 2.80. The standard InChI is InChI=1S/C13H21N3/c1-4-16-9-13(2,3)15-11-7-5-6-10(8-14)12(11)16/h5-7,15H,4,8-9,14H2,1-3H3. The van der Waals surface area contributed by atoms with Crippen molar-refractivity contribution in [2.75, 3.05) is 23.3 Å². The number of nitrogens with one attached hydrogen (secondary N) is 1. The molecule has 1 aromatic carbocycles. The van der Waals surface area contributed by atoms with Crippen molar-refractivity contribution in [3.63, 3.8) is 0 Å². The van der Waals surface area contributed by atoms with Gasteiger partial charge in [-0.05, 0) is 32.4 Å². The summed E-state index contributed by atoms with van der Waals surface area (Å²) in [6.07, 6.45) is 0. The molecule has 0 saturated heterocycles. The number of nitrogens with two attached hydrogens (primary N) is 1. The fourth-order valence-corrected chi connectivity index (χ4v) is 2.46. The van der Waals surface area contributed by atoms with Gasteiger partial charge in [0.15, 0.2) is 0 Å². The van der Waals surface area contributed by atoms with Crippen LogP contribution < -0.4 is 16.0 Å². The lowest BCUT2D eigenvalue weighted by Crippen LogP contribution is -2.48. The fourth-order valence-electron chi connectivity index (χ4n) is 2.46. The summed E-state index contributed by atoms with van der Waals surface area (Å²) < 4.78 is 0. The number of rotatable bonds is 2. The van der Waals surface area contributed by atoms with E-state index in [0.717, 1.165) is 13.1 Å². The molecule has 1 aliphatic heterocycles. The van der Waals surface area contributed by atoms with Crippen LogP contribution in [0.5, 0.6) is 0 Å². The molecular weight excluding hydrogens is 198 g/mol. The van der Waals surface area contributed by atoms with Crippen LogP contribution in [0.3, 0.4) is 0 Å². The zero-order chi connectivity index (χ0) is 11.8. The largest absolute Gasteiger partial charge is 0.377 e. The quantitative estimate of drug-likeness (QED) is 0.801. The Morgan fingerprint density at radius 1 is 1.44 bits per heavy atom. The van der Waals surface area contributed by atoms with E-state index in [1.807, 2.05) is 0 Å². The van der Waals surface area contributed by atoms with Gasteiger partial charge in [-0.2, -0.15) is 0 Å². The molecule has 0 saturated carbocycles. The number of fused-ring (bicyclic) bond motifs is 1. The summed E-state index contributed by atoms with van der Waals surface area (Å²) in [4.78, 5) is 2.41. The summed E-state index contributed by atoms with van der Waals surface area (Å²) in [5.41, 5.74) is 9.64. The lowest BCUT2D eigenvalue weighted by atomic mass is 9.97. The van der Waals surface area contributed by atoms with Crippen molar-refractivity contribution in [1.29, 1.82) is 0 Å². The van der Waals surface area contributed by atoms with Crippen LogP contribution in [-0.2, 0) is 6.54 Å². The van der Waals surface area contributed by atoms with Gasteiger partial charge in [0.1, 0.15) is 0 Å². The molecule has 0 atom stereocenters. The molecular formula is C13H21N3. The highest BCUT2D eigenvalue weighted by Crippen LogP contribution is 2.36. The predicted octanol–water partition coefficient (Wildman–Crippen LogP) is 2.18. The van der Waals surface area contributed by atoms with E-state index in [4.69, 9.17) is 5.73 Å². The first-order chi connectivity index (χ1) is 7.57. The van der Waals surface area contributed by atoms with Crippen LogP contribution in [0.15, 0.2) is 18.2 Å². The maximum atomic E-state index is 5.80. The summed E-state index contributed by atoms with van der Waals surface area (Å²) in [6, 6.07) is 6.32. The molecule has 0 fully saturated rings. The molecule has 16 heavy (non-hydrogen) atoms. The topological polar surface area (TPSA) is 41.3 Å². The Morgan fingerprint density at radius 2 is 2.19 bits per heavy atom. The maximum absolute atomic E-state index is 5.80. The number of hydrogen-bond donors (Lipinski definition) is 2. The Bertz CT molecular complexity index is 385. The molecule has 0 aliphatic carbocycles. The first-order valence-corrected chi connectivity index (χ1v) is 5.92. The highest BCUT2D eigenvalue weighted by Gasteiger charge is 2.29. The van der Waals surface area contributed by atoms with Crippen molar-refractivity contribution >= 4 is 11.4 Å². The van der Waals surface area contributed by atoms with Gasteiger partial charge in [0, 0.05) is 25.2 Å². The van der Waals surface area contributed by atoms with E-state index in [-0.39, 0.29) is 5.54 Å². The van der Waals surface area contributed by atoms with E-state index in [9.17, 15) is 0 Å². The minimum atomic E-state index is 0.121. The predicted molar refractivity (Wildman–Crippen MR) is 69.9 cm³/mol. The van der Waals surface area contributed by atoms with Gasteiger partial charge in [-0.25, -0.2) is 0 Å². The average Bonchev–Trinajstić information content (AvgIpc) is 2.25. The molecule has 2 rings (SSSR count). The monoisotopic (exact) mass is 219 g/mol. The number of hydrogen-bond acceptors (Lipinski definition) is 3. The van der Waals surface area contributed by atoms with Crippen LogP contribution in [0.4, 0.5) is 11.4 Å². The molecule has 0 radical (unpaired) electrons. The molecule has 0 unspecified atom stereocenters. The van der Waals surface area contributed by atoms with E-state index < -0.39 is 0 Å². The zero-order valence-electron chi connectivity index (χ0n) is 10.4. The molecule has 0 bridgehead atoms. The van der Waals surface area contributed by atoms with Gasteiger partial charge in [0.05, 0.1) is 11.4 Å². The second-order valence-corrected chi connectivity index (χ2v) is 5.04. The van der Waals surface area contributed by atoms with E-state index in [1.54, 1.807) is 0 Å². The normalized spacial score (nSPS) is 17.9. The van der Waals surface area contributed by atoms with Crippen LogP contribution in [-0.4, -0.2) is 18.6 Å². The average molecular weight is 219 g/mol. The van der Waals surface area contributed by atoms with Gasteiger partial charge in [-0.15, -0.1) is 0 Å². The number of benzene rings is 1. The van der Waals surface area contributed by atoms with Crippen molar-refractivity contribution in [1.82, 2.24) is 0 Å². The second-order valence-electron chi connectivity index (χ2n) is 5.04. The Hall–Kier alpha value is -1.22. The van der Waals surface area contributed by atoms with Crippen molar-refractivity contribution in [2.45, 2.75) is 32.9 Å². The highest BCUT2D eigenvalue weighted by atomic mass is 15.2. The zero-order valence-corrected chi connectivity index (χ0v) is 10.4. The van der Waals surface area contributed by atoms with Gasteiger partial charge >= 0.3 is 0 Å². The number of para-hydroxylation sites is 1. The first kappa shape index (κ1) is 11.3. The molecule has 1 aromatic rings. The molecule has 0 aromatic heterocycles. The lowest BCUT2D eigenvalue weighted by Gasteiger charge is -2.42. The summed E-state index contributed by atoms with van der Waals surface area (Å²) in [5, 5.41) is 3.58. The number of nitrogens with zero attached hydrogens (tertiary/aromatic N) is 1. The molecule has 1 aliphatic rings. The minimum Gasteiger partial charge on any atom is -0.377 e. The van der Waals surface area contributed by atoms with Crippen LogP contribution >= 0.6 is 0 Å². The van der Waals surface area contributed by atoms with E-state index in [2.05, 4.69) is 49.2 Å². The summed E-state index contributed by atoms with van der Waals surface area (Å²) in [6.45, 7) is 9.30. The maximum Gasteiger partial charge on any atom is 0.0648 e. The fraction of sp³-hybridized carbons (Fsp3) is 0.538. The van der Waals surface area contributed by atoms with Gasteiger partial charge in [0.25, 0.3) is 0 Å². The van der Waals surface area contributed by atoms with Gasteiger partial charge in [-0.3, -0.25) is 0 Å². The molecule has 0 amide bonds. The van der Waals surface area contributed by atoms with Crippen molar-refractivity contribution in [2.24, 2.45) is 5.73 Å². The van der Waals surface area contributed by atoms with Gasteiger partial charge in [-0.1, -0.05) is 12.1 Å². The highest BCUT2D eigenvalue weighted by molar-refractivity contribution is 5.76. The smallest absolute Gasteiger partial charge is 0.0648 e. The van der Waals surface area contributed by atoms with Crippen LogP contribution in [0.25, 0.3) is 0 Å². The third-order valence-corrected chi connectivity index (χ3v) is 3.10. The molecule has 1 heterocycles. The summed E-state index contributed by atoms with van der Waals surface area (Å²) >= 11 is 0. The molecule has 3 N–H and O–H groups in total. The molecule has 0 spiro atoms. The number of anilines is 2. The third-order valence-electron chi connectivity index (χ3n) is 3.10. The first-order valence-electron chi connectivity index (χ1n) is 5.92. The second kappa shape index (κ2) is 3.98. The van der Waals surface area contributed by atoms with E-state index >= 15 is 0 Å². The van der Waals surface area contributed by atoms with E-state index in [0.29, 0.717) is 6.54 Å². The molecule has 3 nitrogen and oxygen atoms in total. The molecule has 3 heteroatoms. The summed E-state index contributed by atoms with van der Waals surface area (Å²) in [7, 11) is 0. The van der Waals surface area contributed by atoms with Gasteiger partial charge < -0.3 is 16.0 Å². The number of likely N-dealkylation sites (N-methyl/N-ethyl adjacent to an activating group) is 1. The Morgan fingerprint density at radius 3 is 2.81 bits per heavy atom. The van der Waals surface area contributed by atoms with Crippen molar-refractivity contribution < 1.29 is 0 Å². The lowest BCUT2D eigenvalue weighted by molar-refractivity contribution is 0.535. The van der Waals surface area contributed by atoms with E-state index in [1.165, 1.54) is 16.9 Å². The SMILES string of the molecule is CCN1CC(C)(C)Nc2cccc(CN)c21. The summed E-state index contributed by atoms with van der Waals surface area (Å²) in [5.74, 6) is 0. The van der Waals surface area contributed by atoms with Crippen LogP contribution in [0.2, 0.25) is 0 Å². The molecule has 88 valence electrons. The Balaban J connectivity index is 2.50. The minimum absolute atomic E-state index is 0.121. The van der Waals surface area contributed by atoms with Gasteiger partial charge in [0.2, 0.25) is 0 Å². The van der Waals surface area contributed by atoms with Crippen LogP contribution in [0, 0.1) is 0 Å². The van der Waals surface area contributed by atoms with Crippen LogP contribution in [0.1, 0.15) is 26.3 Å². The van der Waals surface area contributed by atoms with Crippen molar-refractivity contribution in [3.8, 4) is 0 Å². The Labute approximate surface area is 97.6 Å². The third kappa shape index (κ3) is 1.87.